The first-order chi connectivity index (χ1) is 11.4. The van der Waals surface area contributed by atoms with Gasteiger partial charge in [-0.25, -0.2) is 14.6 Å². The smallest absolute Gasteiger partial charge is 0.163 e. The summed E-state index contributed by atoms with van der Waals surface area (Å²) in [6, 6.07) is 8.39. The molecule has 1 N–H and O–H groups in total. The topological polar surface area (TPSA) is 60.6 Å². The standard InChI is InChI=1S/C18H20N6/c1-18(2,3)24-17-14(10-21-24)16(19-11-20-17)22-13-6-5-12-7-8-23(4)15(12)9-13/h5-11H,1-4H3,(H,19,20,22). The minimum Gasteiger partial charge on any atom is -0.350 e. The van der Waals surface area contributed by atoms with E-state index in [0.717, 1.165) is 22.5 Å². The first kappa shape index (κ1) is 14.7. The number of aryl methyl sites for hydroxylation is 1. The third-order valence-electron chi connectivity index (χ3n) is 4.15. The highest BCUT2D eigenvalue weighted by atomic mass is 15.3. The van der Waals surface area contributed by atoms with Crippen LogP contribution in [0, 0.1) is 0 Å². The van der Waals surface area contributed by atoms with Crippen LogP contribution in [0.3, 0.4) is 0 Å². The summed E-state index contributed by atoms with van der Waals surface area (Å²) in [5, 5.41) is 10.0. The average Bonchev–Trinajstić information content (AvgIpc) is 3.12. The number of hydrogen-bond donors (Lipinski definition) is 1. The monoisotopic (exact) mass is 320 g/mol. The van der Waals surface area contributed by atoms with Crippen LogP contribution in [0.2, 0.25) is 0 Å². The highest BCUT2D eigenvalue weighted by Gasteiger charge is 2.19. The largest absolute Gasteiger partial charge is 0.350 e. The average molecular weight is 320 g/mol. The van der Waals surface area contributed by atoms with Crippen LogP contribution < -0.4 is 5.32 Å². The number of benzene rings is 1. The molecule has 24 heavy (non-hydrogen) atoms. The zero-order valence-electron chi connectivity index (χ0n) is 14.3. The van der Waals surface area contributed by atoms with Crippen molar-refractivity contribution in [3.05, 3.63) is 43.0 Å². The quantitative estimate of drug-likeness (QED) is 0.610. The number of anilines is 2. The van der Waals surface area contributed by atoms with E-state index in [1.54, 1.807) is 6.33 Å². The molecule has 6 nitrogen and oxygen atoms in total. The van der Waals surface area contributed by atoms with Gasteiger partial charge in [0.05, 0.1) is 17.1 Å². The van der Waals surface area contributed by atoms with Crippen LogP contribution >= 0.6 is 0 Å². The second-order valence-electron chi connectivity index (χ2n) is 7.01. The second kappa shape index (κ2) is 5.06. The predicted octanol–water partition coefficient (Wildman–Crippen LogP) is 3.82. The Labute approximate surface area is 140 Å². The molecule has 0 aliphatic heterocycles. The lowest BCUT2D eigenvalue weighted by Gasteiger charge is -2.19. The maximum Gasteiger partial charge on any atom is 0.163 e. The fourth-order valence-corrected chi connectivity index (χ4v) is 2.91. The Balaban J connectivity index is 1.78. The van der Waals surface area contributed by atoms with Crippen LogP contribution in [0.1, 0.15) is 20.8 Å². The molecule has 0 aliphatic carbocycles. The van der Waals surface area contributed by atoms with Crippen LogP contribution in [0.15, 0.2) is 43.0 Å². The third kappa shape index (κ3) is 2.31. The first-order valence-electron chi connectivity index (χ1n) is 7.95. The molecule has 0 spiro atoms. The summed E-state index contributed by atoms with van der Waals surface area (Å²) in [7, 11) is 2.04. The van der Waals surface area contributed by atoms with Crippen molar-refractivity contribution in [2.75, 3.05) is 5.32 Å². The molecule has 0 bridgehead atoms. The van der Waals surface area contributed by atoms with Crippen molar-refractivity contribution in [3.63, 3.8) is 0 Å². The summed E-state index contributed by atoms with van der Waals surface area (Å²) in [4.78, 5) is 8.82. The van der Waals surface area contributed by atoms with Gasteiger partial charge in [0.2, 0.25) is 0 Å². The van der Waals surface area contributed by atoms with E-state index in [1.165, 1.54) is 10.9 Å². The van der Waals surface area contributed by atoms with Crippen molar-refractivity contribution in [1.82, 2.24) is 24.3 Å². The molecule has 0 unspecified atom stereocenters. The number of aromatic nitrogens is 5. The van der Waals surface area contributed by atoms with Gasteiger partial charge in [0.1, 0.15) is 12.1 Å². The van der Waals surface area contributed by atoms with E-state index in [0.29, 0.717) is 0 Å². The van der Waals surface area contributed by atoms with Gasteiger partial charge in [-0.05, 0) is 44.4 Å². The lowest BCUT2D eigenvalue weighted by molar-refractivity contribution is 0.366. The van der Waals surface area contributed by atoms with Crippen LogP contribution in [0.5, 0.6) is 0 Å². The number of nitrogens with one attached hydrogen (secondary N) is 1. The van der Waals surface area contributed by atoms with Gasteiger partial charge in [0.15, 0.2) is 5.65 Å². The molecule has 0 aliphatic rings. The normalized spacial score (nSPS) is 12.2. The molecule has 4 rings (SSSR count). The molecule has 0 saturated carbocycles. The Bertz CT molecular complexity index is 1030. The number of hydrogen-bond acceptors (Lipinski definition) is 4. The predicted molar refractivity (Wildman–Crippen MR) is 96.5 cm³/mol. The van der Waals surface area contributed by atoms with E-state index in [4.69, 9.17) is 0 Å². The van der Waals surface area contributed by atoms with Gasteiger partial charge in [0, 0.05) is 24.4 Å². The molecule has 1 aromatic carbocycles. The van der Waals surface area contributed by atoms with Gasteiger partial charge in [-0.1, -0.05) is 6.07 Å². The van der Waals surface area contributed by atoms with Crippen LogP contribution in [-0.2, 0) is 12.6 Å². The molecular formula is C18H20N6. The van der Waals surface area contributed by atoms with Gasteiger partial charge < -0.3 is 9.88 Å². The Morgan fingerprint density at radius 2 is 1.92 bits per heavy atom. The minimum atomic E-state index is -0.130. The summed E-state index contributed by atoms with van der Waals surface area (Å²) >= 11 is 0. The lowest BCUT2D eigenvalue weighted by Crippen LogP contribution is -2.23. The Morgan fingerprint density at radius 3 is 2.71 bits per heavy atom. The molecule has 6 heteroatoms. The summed E-state index contributed by atoms with van der Waals surface area (Å²) in [5.74, 6) is 0.768. The number of rotatable bonds is 2. The van der Waals surface area contributed by atoms with E-state index in [-0.39, 0.29) is 5.54 Å². The summed E-state index contributed by atoms with van der Waals surface area (Å²) in [6.45, 7) is 6.33. The molecule has 0 radical (unpaired) electrons. The fraction of sp³-hybridized carbons (Fsp3) is 0.278. The molecular weight excluding hydrogens is 300 g/mol. The SMILES string of the molecule is Cn1ccc2ccc(Nc3ncnc4c3cnn4C(C)(C)C)cc21. The van der Waals surface area contributed by atoms with Crippen molar-refractivity contribution < 1.29 is 0 Å². The zero-order valence-corrected chi connectivity index (χ0v) is 14.3. The summed E-state index contributed by atoms with van der Waals surface area (Å²) in [6.07, 6.45) is 5.46. The molecule has 122 valence electrons. The molecule has 0 atom stereocenters. The van der Waals surface area contributed by atoms with Crippen molar-refractivity contribution in [2.45, 2.75) is 26.3 Å². The summed E-state index contributed by atoms with van der Waals surface area (Å²) in [5.41, 5.74) is 2.87. The zero-order chi connectivity index (χ0) is 16.9. The highest BCUT2D eigenvalue weighted by Crippen LogP contribution is 2.27. The van der Waals surface area contributed by atoms with Crippen molar-refractivity contribution >= 4 is 33.4 Å². The first-order valence-corrected chi connectivity index (χ1v) is 7.95. The van der Waals surface area contributed by atoms with Crippen LogP contribution in [0.25, 0.3) is 21.9 Å². The van der Waals surface area contributed by atoms with Gasteiger partial charge in [-0.3, -0.25) is 0 Å². The second-order valence-corrected chi connectivity index (χ2v) is 7.01. The van der Waals surface area contributed by atoms with Crippen molar-refractivity contribution in [3.8, 4) is 0 Å². The molecule has 4 aromatic rings. The fourth-order valence-electron chi connectivity index (χ4n) is 2.91. The molecule has 3 heterocycles. The Hall–Kier alpha value is -2.89. The maximum absolute atomic E-state index is 4.49. The Kier molecular flexibility index (Phi) is 3.09. The van der Waals surface area contributed by atoms with Gasteiger partial charge >= 0.3 is 0 Å². The third-order valence-corrected chi connectivity index (χ3v) is 4.15. The van der Waals surface area contributed by atoms with E-state index in [9.17, 15) is 0 Å². The van der Waals surface area contributed by atoms with Crippen LogP contribution in [-0.4, -0.2) is 24.3 Å². The maximum atomic E-state index is 4.49. The van der Waals surface area contributed by atoms with Gasteiger partial charge in [0.25, 0.3) is 0 Å². The van der Waals surface area contributed by atoms with Crippen molar-refractivity contribution in [2.24, 2.45) is 7.05 Å². The number of nitrogens with zero attached hydrogens (tertiary/aromatic N) is 5. The van der Waals surface area contributed by atoms with Crippen molar-refractivity contribution in [1.29, 1.82) is 0 Å². The lowest BCUT2D eigenvalue weighted by atomic mass is 10.1. The Morgan fingerprint density at radius 1 is 1.08 bits per heavy atom. The van der Waals surface area contributed by atoms with Gasteiger partial charge in [-0.2, -0.15) is 5.10 Å². The highest BCUT2D eigenvalue weighted by molar-refractivity contribution is 5.90. The van der Waals surface area contributed by atoms with E-state index >= 15 is 0 Å². The van der Waals surface area contributed by atoms with E-state index in [2.05, 4.69) is 76.2 Å². The molecule has 0 saturated heterocycles. The number of fused-ring (bicyclic) bond motifs is 2. The van der Waals surface area contributed by atoms with E-state index < -0.39 is 0 Å². The molecule has 0 amide bonds. The van der Waals surface area contributed by atoms with Crippen LogP contribution in [0.4, 0.5) is 11.5 Å². The molecule has 0 fully saturated rings. The summed E-state index contributed by atoms with van der Waals surface area (Å²) < 4.78 is 4.03. The minimum absolute atomic E-state index is 0.130. The van der Waals surface area contributed by atoms with Gasteiger partial charge in [-0.15, -0.1) is 0 Å². The van der Waals surface area contributed by atoms with E-state index in [1.807, 2.05) is 17.9 Å². The molecule has 3 aromatic heterocycles.